The second-order valence-corrected chi connectivity index (χ2v) is 6.97. The molecule has 0 unspecified atom stereocenters. The summed E-state index contributed by atoms with van der Waals surface area (Å²) in [6.45, 7) is 1.62. The number of carbonyl (C=O) groups is 1. The zero-order chi connectivity index (χ0) is 16.5. The second kappa shape index (κ2) is 6.20. The minimum absolute atomic E-state index is 0.0123. The van der Waals surface area contributed by atoms with Gasteiger partial charge in [0.1, 0.15) is 15.2 Å². The number of amides is 1. The van der Waals surface area contributed by atoms with Gasteiger partial charge in [-0.25, -0.2) is 9.97 Å². The van der Waals surface area contributed by atoms with Gasteiger partial charge in [-0.2, -0.15) is 0 Å². The molecule has 3 aromatic rings. The zero-order valence-electron chi connectivity index (χ0n) is 13.2. The molecule has 0 saturated carbocycles. The SMILES string of the molecule is Nc1c(C(=O)N2CCCCC2)sc2nc(-c3ccccc3)cnc12. The monoisotopic (exact) mass is 338 g/mol. The van der Waals surface area contributed by atoms with Crippen LogP contribution in [0.25, 0.3) is 21.6 Å². The van der Waals surface area contributed by atoms with Crippen molar-refractivity contribution in [3.8, 4) is 11.3 Å². The largest absolute Gasteiger partial charge is 0.396 e. The first-order valence-corrected chi connectivity index (χ1v) is 8.95. The fraction of sp³-hybridized carbons (Fsp3) is 0.278. The van der Waals surface area contributed by atoms with E-state index in [-0.39, 0.29) is 5.91 Å². The number of nitrogens with two attached hydrogens (primary N) is 1. The Kier molecular flexibility index (Phi) is 3.90. The van der Waals surface area contributed by atoms with E-state index in [4.69, 9.17) is 5.73 Å². The molecule has 0 radical (unpaired) electrons. The van der Waals surface area contributed by atoms with Crippen molar-refractivity contribution < 1.29 is 4.79 Å². The Morgan fingerprint density at radius 3 is 2.62 bits per heavy atom. The zero-order valence-corrected chi connectivity index (χ0v) is 14.1. The normalized spacial score (nSPS) is 14.9. The van der Waals surface area contributed by atoms with E-state index in [1.54, 1.807) is 6.20 Å². The number of fused-ring (bicyclic) bond motifs is 1. The van der Waals surface area contributed by atoms with Crippen molar-refractivity contribution in [3.63, 3.8) is 0 Å². The van der Waals surface area contributed by atoms with E-state index in [2.05, 4.69) is 9.97 Å². The van der Waals surface area contributed by atoms with Gasteiger partial charge in [0.2, 0.25) is 0 Å². The highest BCUT2D eigenvalue weighted by molar-refractivity contribution is 7.21. The van der Waals surface area contributed by atoms with Crippen LogP contribution < -0.4 is 5.73 Å². The Balaban J connectivity index is 1.73. The van der Waals surface area contributed by atoms with Gasteiger partial charge in [0.25, 0.3) is 5.91 Å². The third-order valence-corrected chi connectivity index (χ3v) is 5.42. The molecule has 1 saturated heterocycles. The molecule has 24 heavy (non-hydrogen) atoms. The first-order valence-electron chi connectivity index (χ1n) is 8.14. The molecule has 2 aromatic heterocycles. The molecule has 0 atom stereocenters. The lowest BCUT2D eigenvalue weighted by Gasteiger charge is -2.26. The van der Waals surface area contributed by atoms with Crippen LogP contribution in [0.5, 0.6) is 0 Å². The lowest BCUT2D eigenvalue weighted by atomic mass is 10.1. The highest BCUT2D eigenvalue weighted by Gasteiger charge is 2.24. The number of nitrogens with zero attached hydrogens (tertiary/aromatic N) is 3. The number of benzene rings is 1. The molecule has 5 nitrogen and oxygen atoms in total. The van der Waals surface area contributed by atoms with E-state index in [9.17, 15) is 4.79 Å². The number of anilines is 1. The molecule has 0 spiro atoms. The Hall–Kier alpha value is -2.47. The smallest absolute Gasteiger partial charge is 0.266 e. The maximum Gasteiger partial charge on any atom is 0.266 e. The molecule has 0 aliphatic carbocycles. The molecular weight excluding hydrogens is 320 g/mol. The molecule has 1 amide bonds. The quantitative estimate of drug-likeness (QED) is 0.775. The van der Waals surface area contributed by atoms with Gasteiger partial charge in [0.15, 0.2) is 0 Å². The number of aromatic nitrogens is 2. The number of hydrogen-bond acceptors (Lipinski definition) is 5. The van der Waals surface area contributed by atoms with Gasteiger partial charge in [0, 0.05) is 18.7 Å². The topological polar surface area (TPSA) is 72.1 Å². The summed E-state index contributed by atoms with van der Waals surface area (Å²) in [5, 5.41) is 0. The summed E-state index contributed by atoms with van der Waals surface area (Å²) in [4.78, 5) is 25.0. The fourth-order valence-corrected chi connectivity index (χ4v) is 4.05. The molecule has 1 aliphatic heterocycles. The lowest BCUT2D eigenvalue weighted by molar-refractivity contribution is 0.0730. The summed E-state index contributed by atoms with van der Waals surface area (Å²) >= 11 is 1.34. The molecule has 122 valence electrons. The summed E-state index contributed by atoms with van der Waals surface area (Å²) in [6.07, 6.45) is 5.03. The van der Waals surface area contributed by atoms with Gasteiger partial charge in [-0.3, -0.25) is 4.79 Å². The van der Waals surface area contributed by atoms with Gasteiger partial charge < -0.3 is 10.6 Å². The Bertz CT molecular complexity index is 885. The second-order valence-electron chi connectivity index (χ2n) is 5.97. The van der Waals surface area contributed by atoms with Crippen LogP contribution in [0.4, 0.5) is 5.69 Å². The van der Waals surface area contributed by atoms with E-state index in [0.717, 1.165) is 37.2 Å². The number of thiophene rings is 1. The van der Waals surface area contributed by atoms with Gasteiger partial charge in [-0.15, -0.1) is 11.3 Å². The van der Waals surface area contributed by atoms with Crippen molar-refractivity contribution >= 4 is 33.3 Å². The molecule has 0 bridgehead atoms. The van der Waals surface area contributed by atoms with E-state index >= 15 is 0 Å². The van der Waals surface area contributed by atoms with E-state index < -0.39 is 0 Å². The number of hydrogen-bond donors (Lipinski definition) is 1. The van der Waals surface area contributed by atoms with Crippen LogP contribution in [0.1, 0.15) is 28.9 Å². The van der Waals surface area contributed by atoms with Gasteiger partial charge in [-0.1, -0.05) is 30.3 Å². The summed E-state index contributed by atoms with van der Waals surface area (Å²) in [6, 6.07) is 9.89. The minimum atomic E-state index is 0.0123. The third-order valence-electron chi connectivity index (χ3n) is 4.35. The summed E-state index contributed by atoms with van der Waals surface area (Å²) in [5.74, 6) is 0.0123. The van der Waals surface area contributed by atoms with E-state index in [1.165, 1.54) is 17.8 Å². The predicted molar refractivity (Wildman–Crippen MR) is 97.0 cm³/mol. The standard InChI is InChI=1S/C18H18N4OS/c19-14-15-17(21-13(11-20-15)12-7-3-1-4-8-12)24-16(14)18(23)22-9-5-2-6-10-22/h1,3-4,7-8,11H,2,5-6,9-10,19H2. The van der Waals surface area contributed by atoms with Crippen molar-refractivity contribution in [3.05, 3.63) is 41.4 Å². The molecule has 1 aliphatic rings. The number of nitrogen functional groups attached to an aromatic ring is 1. The van der Waals surface area contributed by atoms with Gasteiger partial charge >= 0.3 is 0 Å². The van der Waals surface area contributed by atoms with Crippen molar-refractivity contribution in [2.75, 3.05) is 18.8 Å². The van der Waals surface area contributed by atoms with E-state index in [0.29, 0.717) is 20.9 Å². The Morgan fingerprint density at radius 2 is 1.88 bits per heavy atom. The van der Waals surface area contributed by atoms with Crippen LogP contribution in [-0.4, -0.2) is 33.9 Å². The van der Waals surface area contributed by atoms with Crippen molar-refractivity contribution in [2.24, 2.45) is 0 Å². The third kappa shape index (κ3) is 2.63. The number of piperidine rings is 1. The summed E-state index contributed by atoms with van der Waals surface area (Å²) in [7, 11) is 0. The van der Waals surface area contributed by atoms with Crippen molar-refractivity contribution in [2.45, 2.75) is 19.3 Å². The van der Waals surface area contributed by atoms with Crippen LogP contribution in [0.3, 0.4) is 0 Å². The highest BCUT2D eigenvalue weighted by Crippen LogP contribution is 2.33. The number of rotatable bonds is 2. The maximum absolute atomic E-state index is 12.7. The highest BCUT2D eigenvalue weighted by atomic mass is 32.1. The molecule has 2 N–H and O–H groups in total. The van der Waals surface area contributed by atoms with Gasteiger partial charge in [-0.05, 0) is 19.3 Å². The average Bonchev–Trinajstić information content (AvgIpc) is 2.99. The molecule has 6 heteroatoms. The first-order chi connectivity index (χ1) is 11.7. The summed E-state index contributed by atoms with van der Waals surface area (Å²) < 4.78 is 0. The van der Waals surface area contributed by atoms with Crippen LogP contribution in [0, 0.1) is 0 Å². The Labute approximate surface area is 144 Å². The van der Waals surface area contributed by atoms with Crippen LogP contribution >= 0.6 is 11.3 Å². The van der Waals surface area contributed by atoms with Gasteiger partial charge in [0.05, 0.1) is 17.6 Å². The van der Waals surface area contributed by atoms with Crippen molar-refractivity contribution in [1.29, 1.82) is 0 Å². The minimum Gasteiger partial charge on any atom is -0.396 e. The lowest BCUT2D eigenvalue weighted by Crippen LogP contribution is -2.35. The fourth-order valence-electron chi connectivity index (χ4n) is 3.03. The number of likely N-dealkylation sites (tertiary alicyclic amines) is 1. The Morgan fingerprint density at radius 1 is 1.12 bits per heavy atom. The molecule has 4 rings (SSSR count). The van der Waals surface area contributed by atoms with E-state index in [1.807, 2.05) is 35.2 Å². The molecular formula is C18H18N4OS. The molecule has 1 fully saturated rings. The van der Waals surface area contributed by atoms with Crippen LogP contribution in [0.15, 0.2) is 36.5 Å². The maximum atomic E-state index is 12.7. The summed E-state index contributed by atoms with van der Waals surface area (Å²) in [5.41, 5.74) is 9.07. The van der Waals surface area contributed by atoms with Crippen LogP contribution in [0.2, 0.25) is 0 Å². The predicted octanol–water partition coefficient (Wildman–Crippen LogP) is 3.57. The molecule has 3 heterocycles. The van der Waals surface area contributed by atoms with Crippen LogP contribution in [-0.2, 0) is 0 Å². The van der Waals surface area contributed by atoms with Crippen molar-refractivity contribution in [1.82, 2.24) is 14.9 Å². The first kappa shape index (κ1) is 15.1. The average molecular weight is 338 g/mol. The number of carbonyl (C=O) groups excluding carboxylic acids is 1. The molecule has 1 aromatic carbocycles.